The minimum Gasteiger partial charge on any atom is -0.494 e. The Balaban J connectivity index is 1.92. The van der Waals surface area contributed by atoms with Gasteiger partial charge in [-0.2, -0.15) is 0 Å². The van der Waals surface area contributed by atoms with Gasteiger partial charge in [0, 0.05) is 31.2 Å². The minimum atomic E-state index is -0.391. The zero-order valence-electron chi connectivity index (χ0n) is 14.5. The molecule has 24 heavy (non-hydrogen) atoms. The first-order valence-electron chi connectivity index (χ1n) is 8.71. The molecule has 1 aliphatic heterocycles. The van der Waals surface area contributed by atoms with Crippen LogP contribution in [0.2, 0.25) is 0 Å². The summed E-state index contributed by atoms with van der Waals surface area (Å²) in [6.45, 7) is 6.76. The number of carbonyl (C=O) groups excluding carboxylic acids is 1. The van der Waals surface area contributed by atoms with Gasteiger partial charge in [0.05, 0.1) is 6.61 Å². The molecular weight excluding hydrogens is 311 g/mol. The molecule has 0 saturated carbocycles. The summed E-state index contributed by atoms with van der Waals surface area (Å²) in [6, 6.07) is 4.68. The SMILES string of the molecule is CCCCOc1ccc(F)c(COC(=O)N2CCNC[C@H]2CC)c1. The molecule has 1 amide bonds. The van der Waals surface area contributed by atoms with E-state index in [0.29, 0.717) is 24.5 Å². The van der Waals surface area contributed by atoms with Gasteiger partial charge in [-0.05, 0) is 31.0 Å². The van der Waals surface area contributed by atoms with Gasteiger partial charge in [-0.3, -0.25) is 0 Å². The predicted molar refractivity (Wildman–Crippen MR) is 90.6 cm³/mol. The van der Waals surface area contributed by atoms with Crippen LogP contribution >= 0.6 is 0 Å². The number of amides is 1. The Labute approximate surface area is 143 Å². The molecule has 134 valence electrons. The van der Waals surface area contributed by atoms with Crippen molar-refractivity contribution in [3.63, 3.8) is 0 Å². The fourth-order valence-corrected chi connectivity index (χ4v) is 2.67. The topological polar surface area (TPSA) is 50.8 Å². The molecule has 0 unspecified atom stereocenters. The zero-order valence-corrected chi connectivity index (χ0v) is 14.5. The summed E-state index contributed by atoms with van der Waals surface area (Å²) in [7, 11) is 0. The number of benzene rings is 1. The average molecular weight is 338 g/mol. The summed E-state index contributed by atoms with van der Waals surface area (Å²) in [5.74, 6) is 0.211. The molecule has 5 nitrogen and oxygen atoms in total. The first kappa shape index (κ1) is 18.5. The first-order chi connectivity index (χ1) is 11.7. The van der Waals surface area contributed by atoms with Crippen molar-refractivity contribution < 1.29 is 18.7 Å². The Morgan fingerprint density at radius 3 is 3.00 bits per heavy atom. The monoisotopic (exact) mass is 338 g/mol. The Morgan fingerprint density at radius 2 is 2.25 bits per heavy atom. The van der Waals surface area contributed by atoms with Crippen molar-refractivity contribution in [1.82, 2.24) is 10.2 Å². The number of nitrogens with zero attached hydrogens (tertiary/aromatic N) is 1. The van der Waals surface area contributed by atoms with Crippen LogP contribution in [0.3, 0.4) is 0 Å². The van der Waals surface area contributed by atoms with Gasteiger partial charge < -0.3 is 19.7 Å². The maximum atomic E-state index is 13.9. The number of carbonyl (C=O) groups is 1. The quantitative estimate of drug-likeness (QED) is 0.775. The van der Waals surface area contributed by atoms with E-state index in [-0.39, 0.29) is 18.7 Å². The van der Waals surface area contributed by atoms with Crippen LogP contribution in [-0.2, 0) is 11.3 Å². The van der Waals surface area contributed by atoms with E-state index in [0.717, 1.165) is 32.4 Å². The molecule has 0 spiro atoms. The molecule has 0 aromatic heterocycles. The number of unbranched alkanes of at least 4 members (excludes halogenated alkanes) is 1. The zero-order chi connectivity index (χ0) is 17.4. The largest absolute Gasteiger partial charge is 0.494 e. The van der Waals surface area contributed by atoms with Crippen LogP contribution < -0.4 is 10.1 Å². The van der Waals surface area contributed by atoms with Crippen molar-refractivity contribution in [3.05, 3.63) is 29.6 Å². The van der Waals surface area contributed by atoms with Gasteiger partial charge in [0.2, 0.25) is 0 Å². The number of ether oxygens (including phenoxy) is 2. The molecule has 1 aromatic rings. The summed E-state index contributed by atoms with van der Waals surface area (Å²) >= 11 is 0. The van der Waals surface area contributed by atoms with Gasteiger partial charge in [-0.15, -0.1) is 0 Å². The maximum Gasteiger partial charge on any atom is 0.410 e. The Kier molecular flexibility index (Phi) is 7.31. The molecular formula is C18H27FN2O3. The predicted octanol–water partition coefficient (Wildman–Crippen LogP) is 3.33. The lowest BCUT2D eigenvalue weighted by molar-refractivity contribution is 0.0706. The molecule has 0 bridgehead atoms. The van der Waals surface area contributed by atoms with E-state index in [4.69, 9.17) is 9.47 Å². The highest BCUT2D eigenvalue weighted by molar-refractivity contribution is 5.68. The highest BCUT2D eigenvalue weighted by Crippen LogP contribution is 2.19. The van der Waals surface area contributed by atoms with Gasteiger partial charge in [-0.1, -0.05) is 20.3 Å². The van der Waals surface area contributed by atoms with Crippen LogP contribution in [-0.4, -0.2) is 43.3 Å². The molecule has 1 N–H and O–H groups in total. The summed E-state index contributed by atoms with van der Waals surface area (Å²) in [6.07, 6.45) is 2.45. The van der Waals surface area contributed by atoms with Gasteiger partial charge >= 0.3 is 6.09 Å². The third-order valence-corrected chi connectivity index (χ3v) is 4.19. The molecule has 1 saturated heterocycles. The third-order valence-electron chi connectivity index (χ3n) is 4.19. The van der Waals surface area contributed by atoms with Crippen LogP contribution in [0.25, 0.3) is 0 Å². The number of rotatable bonds is 7. The fourth-order valence-electron chi connectivity index (χ4n) is 2.67. The van der Waals surface area contributed by atoms with E-state index in [1.807, 2.05) is 6.92 Å². The molecule has 0 aliphatic carbocycles. The lowest BCUT2D eigenvalue weighted by Gasteiger charge is -2.34. The highest BCUT2D eigenvalue weighted by atomic mass is 19.1. The molecule has 2 rings (SSSR count). The summed E-state index contributed by atoms with van der Waals surface area (Å²) in [5, 5.41) is 3.26. The number of nitrogens with one attached hydrogen (secondary N) is 1. The first-order valence-corrected chi connectivity index (χ1v) is 8.71. The number of hydrogen-bond acceptors (Lipinski definition) is 4. The molecule has 1 aromatic carbocycles. The summed E-state index contributed by atoms with van der Waals surface area (Å²) < 4.78 is 24.8. The minimum absolute atomic E-state index is 0.0873. The summed E-state index contributed by atoms with van der Waals surface area (Å²) in [5.41, 5.74) is 0.334. The molecule has 6 heteroatoms. The molecule has 0 radical (unpaired) electrons. The van der Waals surface area contributed by atoms with Crippen molar-refractivity contribution >= 4 is 6.09 Å². The van der Waals surface area contributed by atoms with Crippen LogP contribution in [0.15, 0.2) is 18.2 Å². The van der Waals surface area contributed by atoms with Gasteiger partial charge in [0.15, 0.2) is 0 Å². The van der Waals surface area contributed by atoms with E-state index >= 15 is 0 Å². The Hall–Kier alpha value is -1.82. The standard InChI is InChI=1S/C18H27FN2O3/c1-3-5-10-23-16-6-7-17(19)14(11-16)13-24-18(22)21-9-8-20-12-15(21)4-2/h6-7,11,15,20H,3-5,8-10,12-13H2,1-2H3/t15-/m1/s1. The van der Waals surface area contributed by atoms with Crippen LogP contribution in [0.4, 0.5) is 9.18 Å². The van der Waals surface area contributed by atoms with Crippen LogP contribution in [0.1, 0.15) is 38.7 Å². The van der Waals surface area contributed by atoms with E-state index in [1.54, 1.807) is 17.0 Å². The van der Waals surface area contributed by atoms with Crippen molar-refractivity contribution in [2.45, 2.75) is 45.8 Å². The van der Waals surface area contributed by atoms with Crippen molar-refractivity contribution in [2.24, 2.45) is 0 Å². The van der Waals surface area contributed by atoms with E-state index in [2.05, 4.69) is 12.2 Å². The molecule has 1 fully saturated rings. The second-order valence-electron chi connectivity index (χ2n) is 5.97. The third kappa shape index (κ3) is 5.09. The summed E-state index contributed by atoms with van der Waals surface area (Å²) in [4.78, 5) is 14.0. The van der Waals surface area contributed by atoms with Gasteiger partial charge in [-0.25, -0.2) is 9.18 Å². The molecule has 1 aliphatic rings. The number of halogens is 1. The van der Waals surface area contributed by atoms with Crippen molar-refractivity contribution in [1.29, 1.82) is 0 Å². The van der Waals surface area contributed by atoms with Crippen LogP contribution in [0, 0.1) is 5.82 Å². The average Bonchev–Trinajstić information content (AvgIpc) is 2.61. The van der Waals surface area contributed by atoms with E-state index < -0.39 is 5.82 Å². The normalized spacial score (nSPS) is 17.6. The molecule has 1 heterocycles. The maximum absolute atomic E-state index is 13.9. The molecule has 1 atom stereocenters. The number of piperazine rings is 1. The number of hydrogen-bond donors (Lipinski definition) is 1. The second kappa shape index (κ2) is 9.47. The lowest BCUT2D eigenvalue weighted by Crippen LogP contribution is -2.53. The van der Waals surface area contributed by atoms with Gasteiger partial charge in [0.1, 0.15) is 18.2 Å². The Bertz CT molecular complexity index is 539. The lowest BCUT2D eigenvalue weighted by atomic mass is 10.1. The second-order valence-corrected chi connectivity index (χ2v) is 5.97. The smallest absolute Gasteiger partial charge is 0.410 e. The van der Waals surface area contributed by atoms with E-state index in [9.17, 15) is 9.18 Å². The van der Waals surface area contributed by atoms with E-state index in [1.165, 1.54) is 6.07 Å². The van der Waals surface area contributed by atoms with Gasteiger partial charge in [0.25, 0.3) is 0 Å². The van der Waals surface area contributed by atoms with Crippen molar-refractivity contribution in [2.75, 3.05) is 26.2 Å². The fraction of sp³-hybridized carbons (Fsp3) is 0.611. The van der Waals surface area contributed by atoms with Crippen molar-refractivity contribution in [3.8, 4) is 5.75 Å². The highest BCUT2D eigenvalue weighted by Gasteiger charge is 2.26. The Morgan fingerprint density at radius 1 is 1.42 bits per heavy atom. The van der Waals surface area contributed by atoms with Crippen LogP contribution in [0.5, 0.6) is 5.75 Å².